The summed E-state index contributed by atoms with van der Waals surface area (Å²) in [6, 6.07) is 1.61. The highest BCUT2D eigenvalue weighted by atomic mass is 15.0. The fourth-order valence-electron chi connectivity index (χ4n) is 3.66. The predicted molar refractivity (Wildman–Crippen MR) is 70.6 cm³/mol. The molecule has 0 saturated heterocycles. The van der Waals surface area contributed by atoms with Crippen LogP contribution < -0.4 is 5.32 Å². The highest BCUT2D eigenvalue weighted by Crippen LogP contribution is 2.38. The minimum absolute atomic E-state index is 0.543. The SMILES string of the molecule is CCC1CCC(NC2CCCC2(C)C)CC1. The van der Waals surface area contributed by atoms with Gasteiger partial charge in [0.2, 0.25) is 0 Å². The third kappa shape index (κ3) is 2.80. The van der Waals surface area contributed by atoms with E-state index in [0.29, 0.717) is 5.41 Å². The molecule has 0 amide bonds. The average Bonchev–Trinajstić information content (AvgIpc) is 2.59. The van der Waals surface area contributed by atoms with E-state index in [1.54, 1.807) is 0 Å². The van der Waals surface area contributed by atoms with E-state index in [1.807, 2.05) is 0 Å². The second-order valence-electron chi connectivity index (χ2n) is 6.73. The lowest BCUT2D eigenvalue weighted by molar-refractivity contribution is 0.215. The van der Waals surface area contributed by atoms with Crippen molar-refractivity contribution in [3.63, 3.8) is 0 Å². The molecule has 2 saturated carbocycles. The number of nitrogens with one attached hydrogen (secondary N) is 1. The summed E-state index contributed by atoms with van der Waals surface area (Å²) < 4.78 is 0. The Morgan fingerprint density at radius 3 is 2.25 bits per heavy atom. The van der Waals surface area contributed by atoms with Crippen LogP contribution in [0.15, 0.2) is 0 Å². The van der Waals surface area contributed by atoms with Gasteiger partial charge in [-0.15, -0.1) is 0 Å². The van der Waals surface area contributed by atoms with Gasteiger partial charge in [-0.1, -0.05) is 33.6 Å². The zero-order valence-electron chi connectivity index (χ0n) is 11.4. The predicted octanol–water partition coefficient (Wildman–Crippen LogP) is 4.12. The van der Waals surface area contributed by atoms with Gasteiger partial charge in [0.25, 0.3) is 0 Å². The first-order valence-corrected chi connectivity index (χ1v) is 7.38. The van der Waals surface area contributed by atoms with Crippen LogP contribution in [0.25, 0.3) is 0 Å². The van der Waals surface area contributed by atoms with Crippen molar-refractivity contribution < 1.29 is 0 Å². The van der Waals surface area contributed by atoms with Crippen LogP contribution in [0, 0.1) is 11.3 Å². The molecule has 0 bridgehead atoms. The zero-order chi connectivity index (χ0) is 11.6. The summed E-state index contributed by atoms with van der Waals surface area (Å²) in [6.45, 7) is 7.23. The molecule has 2 aliphatic carbocycles. The lowest BCUT2D eigenvalue weighted by atomic mass is 9.82. The van der Waals surface area contributed by atoms with Gasteiger partial charge in [0.1, 0.15) is 0 Å². The lowest BCUT2D eigenvalue weighted by Crippen LogP contribution is -2.45. The maximum Gasteiger partial charge on any atom is 0.0121 e. The van der Waals surface area contributed by atoms with Crippen LogP contribution in [-0.2, 0) is 0 Å². The molecule has 0 radical (unpaired) electrons. The van der Waals surface area contributed by atoms with Crippen molar-refractivity contribution >= 4 is 0 Å². The molecule has 0 aromatic carbocycles. The molecule has 1 atom stereocenters. The first-order valence-electron chi connectivity index (χ1n) is 7.38. The van der Waals surface area contributed by atoms with Crippen LogP contribution in [0.2, 0.25) is 0 Å². The van der Waals surface area contributed by atoms with E-state index >= 15 is 0 Å². The van der Waals surface area contributed by atoms with E-state index in [1.165, 1.54) is 51.4 Å². The van der Waals surface area contributed by atoms with Crippen molar-refractivity contribution in [2.24, 2.45) is 11.3 Å². The van der Waals surface area contributed by atoms with Crippen LogP contribution in [-0.4, -0.2) is 12.1 Å². The molecule has 0 aliphatic heterocycles. The van der Waals surface area contributed by atoms with Crippen LogP contribution in [0.5, 0.6) is 0 Å². The smallest absolute Gasteiger partial charge is 0.0121 e. The summed E-state index contributed by atoms with van der Waals surface area (Å²) in [6.07, 6.45) is 11.4. The Hall–Kier alpha value is -0.0400. The number of hydrogen-bond acceptors (Lipinski definition) is 1. The van der Waals surface area contributed by atoms with Crippen LogP contribution in [0.1, 0.15) is 72.1 Å². The molecule has 2 fully saturated rings. The zero-order valence-corrected chi connectivity index (χ0v) is 11.4. The monoisotopic (exact) mass is 223 g/mol. The highest BCUT2D eigenvalue weighted by Gasteiger charge is 2.35. The molecule has 2 aliphatic rings. The van der Waals surface area contributed by atoms with E-state index in [9.17, 15) is 0 Å². The Labute approximate surface area is 101 Å². The molecule has 0 spiro atoms. The molecule has 1 heteroatoms. The van der Waals surface area contributed by atoms with E-state index in [4.69, 9.17) is 0 Å². The molecule has 94 valence electrons. The Balaban J connectivity index is 1.78. The standard InChI is InChI=1S/C15H29N/c1-4-12-7-9-13(10-8-12)16-14-6-5-11-15(14,2)3/h12-14,16H,4-11H2,1-3H3. The van der Waals surface area contributed by atoms with Gasteiger partial charge in [0.05, 0.1) is 0 Å². The van der Waals surface area contributed by atoms with Gasteiger partial charge in [-0.25, -0.2) is 0 Å². The van der Waals surface area contributed by atoms with Gasteiger partial charge in [0.15, 0.2) is 0 Å². The van der Waals surface area contributed by atoms with E-state index in [2.05, 4.69) is 26.1 Å². The summed E-state index contributed by atoms with van der Waals surface area (Å²) in [7, 11) is 0. The Morgan fingerprint density at radius 2 is 1.75 bits per heavy atom. The fraction of sp³-hybridized carbons (Fsp3) is 1.00. The summed E-state index contributed by atoms with van der Waals surface area (Å²) in [5, 5.41) is 3.95. The van der Waals surface area contributed by atoms with Gasteiger partial charge in [0, 0.05) is 12.1 Å². The Morgan fingerprint density at radius 1 is 1.06 bits per heavy atom. The highest BCUT2D eigenvalue weighted by molar-refractivity contribution is 4.92. The third-order valence-electron chi connectivity index (χ3n) is 5.12. The Bertz CT molecular complexity index is 213. The molecular weight excluding hydrogens is 194 g/mol. The van der Waals surface area contributed by atoms with Crippen molar-refractivity contribution in [1.29, 1.82) is 0 Å². The van der Waals surface area contributed by atoms with Crippen LogP contribution in [0.4, 0.5) is 0 Å². The minimum Gasteiger partial charge on any atom is -0.311 e. The maximum absolute atomic E-state index is 3.95. The van der Waals surface area contributed by atoms with Crippen LogP contribution in [0.3, 0.4) is 0 Å². The van der Waals surface area contributed by atoms with E-state index < -0.39 is 0 Å². The maximum atomic E-state index is 3.95. The molecule has 0 aromatic rings. The quantitative estimate of drug-likeness (QED) is 0.759. The van der Waals surface area contributed by atoms with Crippen molar-refractivity contribution in [2.75, 3.05) is 0 Å². The van der Waals surface area contributed by atoms with Gasteiger partial charge < -0.3 is 5.32 Å². The van der Waals surface area contributed by atoms with Crippen molar-refractivity contribution in [3.05, 3.63) is 0 Å². The molecule has 1 nitrogen and oxygen atoms in total. The average molecular weight is 223 g/mol. The van der Waals surface area contributed by atoms with Crippen LogP contribution >= 0.6 is 0 Å². The van der Waals surface area contributed by atoms with Gasteiger partial charge in [-0.3, -0.25) is 0 Å². The van der Waals surface area contributed by atoms with Gasteiger partial charge >= 0.3 is 0 Å². The normalized spacial score (nSPS) is 38.8. The fourth-order valence-corrected chi connectivity index (χ4v) is 3.66. The van der Waals surface area contributed by atoms with Crippen molar-refractivity contribution in [1.82, 2.24) is 5.32 Å². The summed E-state index contributed by atoms with van der Waals surface area (Å²) in [4.78, 5) is 0. The lowest BCUT2D eigenvalue weighted by Gasteiger charge is -2.35. The molecule has 0 aromatic heterocycles. The number of rotatable bonds is 3. The topological polar surface area (TPSA) is 12.0 Å². The Kier molecular flexibility index (Phi) is 3.94. The van der Waals surface area contributed by atoms with Crippen molar-refractivity contribution in [2.45, 2.75) is 84.2 Å². The number of hydrogen-bond donors (Lipinski definition) is 1. The first kappa shape index (κ1) is 12.4. The van der Waals surface area contributed by atoms with E-state index in [0.717, 1.165) is 18.0 Å². The second-order valence-corrected chi connectivity index (χ2v) is 6.73. The summed E-state index contributed by atoms with van der Waals surface area (Å²) in [5.41, 5.74) is 0.543. The molecule has 16 heavy (non-hydrogen) atoms. The molecule has 2 rings (SSSR count). The van der Waals surface area contributed by atoms with Gasteiger partial charge in [-0.05, 0) is 49.9 Å². The largest absolute Gasteiger partial charge is 0.311 e. The second kappa shape index (κ2) is 5.08. The molecule has 1 unspecified atom stereocenters. The molecule has 1 N–H and O–H groups in total. The summed E-state index contributed by atoms with van der Waals surface area (Å²) in [5.74, 6) is 1.02. The molecular formula is C15H29N. The minimum atomic E-state index is 0.543. The van der Waals surface area contributed by atoms with Crippen molar-refractivity contribution in [3.8, 4) is 0 Å². The van der Waals surface area contributed by atoms with Gasteiger partial charge in [-0.2, -0.15) is 0 Å². The first-order chi connectivity index (χ1) is 7.62. The van der Waals surface area contributed by atoms with E-state index in [-0.39, 0.29) is 0 Å². The summed E-state index contributed by atoms with van der Waals surface area (Å²) >= 11 is 0. The molecule has 0 heterocycles. The third-order valence-corrected chi connectivity index (χ3v) is 5.12.